The zero-order valence-electron chi connectivity index (χ0n) is 20.6. The van der Waals surface area contributed by atoms with Gasteiger partial charge in [0.05, 0.1) is 12.7 Å². The van der Waals surface area contributed by atoms with Gasteiger partial charge in [-0.15, -0.1) is 0 Å². The number of aryl methyl sites for hydroxylation is 3. The van der Waals surface area contributed by atoms with Crippen molar-refractivity contribution in [3.63, 3.8) is 0 Å². The number of hydrogen-bond acceptors (Lipinski definition) is 5. The van der Waals surface area contributed by atoms with Crippen molar-refractivity contribution < 1.29 is 22.7 Å². The third kappa shape index (κ3) is 3.71. The number of rotatable bonds is 2. The Kier molecular flexibility index (Phi) is 5.56. The number of pyridine rings is 1. The van der Waals surface area contributed by atoms with Crippen molar-refractivity contribution in [3.05, 3.63) is 29.8 Å². The molecule has 0 fully saturated rings. The Morgan fingerprint density at radius 3 is 2.61 bits per heavy atom. The second-order valence-electron chi connectivity index (χ2n) is 9.19. The van der Waals surface area contributed by atoms with Gasteiger partial charge in [-0.2, -0.15) is 23.4 Å². The van der Waals surface area contributed by atoms with Crippen molar-refractivity contribution in [3.8, 4) is 28.1 Å². The normalized spacial score (nSPS) is 14.6. The highest BCUT2D eigenvalue weighted by molar-refractivity contribution is 6.01. The highest BCUT2D eigenvalue weighted by Crippen LogP contribution is 2.44. The SMILES string of the molecule is COc1c2c(nn1C)N(C(C)C)C(=O)CCCn1cc(c(C(F)(F)F)n1)-c1c(C)[nH]c3ncc-2cc13. The van der Waals surface area contributed by atoms with E-state index in [1.165, 1.54) is 18.0 Å². The molecule has 0 saturated carbocycles. The molecule has 0 spiro atoms. The molecular weight excluding hydrogens is 475 g/mol. The molecule has 5 rings (SSSR count). The van der Waals surface area contributed by atoms with Crippen LogP contribution in [0.2, 0.25) is 0 Å². The Morgan fingerprint density at radius 1 is 1.19 bits per heavy atom. The summed E-state index contributed by atoms with van der Waals surface area (Å²) in [7, 11) is 3.22. The maximum atomic E-state index is 14.0. The molecular formula is C24H26F3N7O2. The highest BCUT2D eigenvalue weighted by Gasteiger charge is 2.39. The van der Waals surface area contributed by atoms with Crippen molar-refractivity contribution in [1.82, 2.24) is 29.5 Å². The Balaban J connectivity index is 1.86. The van der Waals surface area contributed by atoms with E-state index in [9.17, 15) is 18.0 Å². The molecule has 1 aliphatic heterocycles. The predicted molar refractivity (Wildman–Crippen MR) is 128 cm³/mol. The first-order chi connectivity index (χ1) is 17.0. The largest absolute Gasteiger partial charge is 0.481 e. The first-order valence-electron chi connectivity index (χ1n) is 11.6. The maximum absolute atomic E-state index is 14.0. The number of halogens is 3. The van der Waals surface area contributed by atoms with Crippen LogP contribution in [0.1, 0.15) is 38.1 Å². The Labute approximate surface area is 204 Å². The van der Waals surface area contributed by atoms with Gasteiger partial charge in [0.15, 0.2) is 11.5 Å². The fraction of sp³-hybridized carbons (Fsp3) is 0.417. The van der Waals surface area contributed by atoms with Crippen molar-refractivity contribution in [2.75, 3.05) is 12.0 Å². The number of amides is 1. The smallest absolute Gasteiger partial charge is 0.435 e. The standard InChI is InChI=1S/C24H26F3N7O2/c1-12(2)34-17(35)7-6-8-33-11-16(20(30-33)24(25,26)27)18-13(3)29-21-15(18)9-14(10-28-21)19-22(34)31-32(4)23(19)36-5/h9-12H,6-8H2,1-5H3,(H,28,29). The van der Waals surface area contributed by atoms with E-state index < -0.39 is 11.9 Å². The van der Waals surface area contributed by atoms with Gasteiger partial charge in [0.25, 0.3) is 0 Å². The molecule has 1 aliphatic rings. The van der Waals surface area contributed by atoms with Gasteiger partial charge in [0, 0.05) is 66.2 Å². The number of ether oxygens (including phenoxy) is 1. The summed E-state index contributed by atoms with van der Waals surface area (Å²) < 4.78 is 50.6. The minimum atomic E-state index is -4.65. The number of fused-ring (bicyclic) bond motifs is 6. The molecule has 0 atom stereocenters. The van der Waals surface area contributed by atoms with E-state index in [0.717, 1.165) is 0 Å². The second-order valence-corrected chi connectivity index (χ2v) is 9.19. The molecule has 4 aromatic rings. The summed E-state index contributed by atoms with van der Waals surface area (Å²) in [5.41, 5.74) is 1.49. The van der Waals surface area contributed by atoms with Gasteiger partial charge in [0.1, 0.15) is 5.65 Å². The lowest BCUT2D eigenvalue weighted by Gasteiger charge is -2.26. The van der Waals surface area contributed by atoms with Crippen LogP contribution in [0, 0.1) is 6.92 Å². The summed E-state index contributed by atoms with van der Waals surface area (Å²) >= 11 is 0. The van der Waals surface area contributed by atoms with E-state index in [2.05, 4.69) is 20.2 Å². The molecule has 12 heteroatoms. The molecule has 0 saturated heterocycles. The van der Waals surface area contributed by atoms with Crippen LogP contribution >= 0.6 is 0 Å². The third-order valence-corrected chi connectivity index (χ3v) is 6.39. The fourth-order valence-corrected chi connectivity index (χ4v) is 4.92. The maximum Gasteiger partial charge on any atom is 0.435 e. The molecule has 0 radical (unpaired) electrons. The molecule has 4 aromatic heterocycles. The number of carbonyl (C=O) groups is 1. The van der Waals surface area contributed by atoms with Gasteiger partial charge in [-0.05, 0) is 33.3 Å². The van der Waals surface area contributed by atoms with E-state index in [1.807, 2.05) is 13.8 Å². The van der Waals surface area contributed by atoms with E-state index in [4.69, 9.17) is 4.74 Å². The van der Waals surface area contributed by atoms with Crippen molar-refractivity contribution >= 4 is 22.8 Å². The summed E-state index contributed by atoms with van der Waals surface area (Å²) in [6.45, 7) is 5.64. The van der Waals surface area contributed by atoms with Crippen molar-refractivity contribution in [2.24, 2.45) is 7.05 Å². The first kappa shape index (κ1) is 23.9. The van der Waals surface area contributed by atoms with Crippen LogP contribution in [-0.4, -0.2) is 48.6 Å². The van der Waals surface area contributed by atoms with E-state index >= 15 is 0 Å². The molecule has 36 heavy (non-hydrogen) atoms. The molecule has 1 amide bonds. The molecule has 0 aromatic carbocycles. The number of aromatic amines is 1. The monoisotopic (exact) mass is 501 g/mol. The first-order valence-corrected chi connectivity index (χ1v) is 11.6. The summed E-state index contributed by atoms with van der Waals surface area (Å²) in [4.78, 5) is 22.6. The second kappa shape index (κ2) is 8.38. The number of aromatic nitrogens is 6. The van der Waals surface area contributed by atoms with Gasteiger partial charge in [-0.3, -0.25) is 14.4 Å². The number of carbonyl (C=O) groups excluding carboxylic acids is 1. The fourth-order valence-electron chi connectivity index (χ4n) is 4.92. The van der Waals surface area contributed by atoms with E-state index in [1.54, 1.807) is 35.8 Å². The van der Waals surface area contributed by atoms with Gasteiger partial charge in [-0.25, -0.2) is 9.67 Å². The summed E-state index contributed by atoms with van der Waals surface area (Å²) in [5.74, 6) is 0.630. The summed E-state index contributed by atoms with van der Waals surface area (Å²) in [5, 5.41) is 8.98. The predicted octanol–water partition coefficient (Wildman–Crippen LogP) is 4.70. The van der Waals surface area contributed by atoms with Gasteiger partial charge in [-0.1, -0.05) is 0 Å². The van der Waals surface area contributed by atoms with Crippen LogP contribution in [-0.2, 0) is 24.6 Å². The summed E-state index contributed by atoms with van der Waals surface area (Å²) in [6.07, 6.45) is -1.22. The van der Waals surface area contributed by atoms with Crippen LogP contribution in [0.5, 0.6) is 5.88 Å². The topological polar surface area (TPSA) is 93.9 Å². The number of hydrogen-bond donors (Lipinski definition) is 1. The van der Waals surface area contributed by atoms with Crippen LogP contribution in [0.3, 0.4) is 0 Å². The average molecular weight is 502 g/mol. The Hall–Kier alpha value is -3.83. The number of nitrogens with one attached hydrogen (secondary N) is 1. The summed E-state index contributed by atoms with van der Waals surface area (Å²) in [6, 6.07) is 1.54. The van der Waals surface area contributed by atoms with Crippen LogP contribution in [0.25, 0.3) is 33.3 Å². The Bertz CT molecular complexity index is 1480. The molecule has 0 unspecified atom stereocenters. The van der Waals surface area contributed by atoms with Crippen LogP contribution < -0.4 is 9.64 Å². The van der Waals surface area contributed by atoms with E-state index in [-0.39, 0.29) is 30.5 Å². The number of alkyl halides is 3. The van der Waals surface area contributed by atoms with Crippen LogP contribution in [0.4, 0.5) is 19.0 Å². The quantitative estimate of drug-likeness (QED) is 0.430. The number of methoxy groups -OCH3 is 1. The number of H-pyrrole nitrogens is 1. The lowest BCUT2D eigenvalue weighted by atomic mass is 10.0. The van der Waals surface area contributed by atoms with Crippen LogP contribution in [0.15, 0.2) is 18.5 Å². The van der Waals surface area contributed by atoms with Crippen molar-refractivity contribution in [2.45, 2.75) is 52.4 Å². The minimum Gasteiger partial charge on any atom is -0.481 e. The van der Waals surface area contributed by atoms with Gasteiger partial charge in [0.2, 0.25) is 11.8 Å². The van der Waals surface area contributed by atoms with Gasteiger partial charge < -0.3 is 9.72 Å². The lowest BCUT2D eigenvalue weighted by molar-refractivity contribution is -0.141. The van der Waals surface area contributed by atoms with E-state index in [0.29, 0.717) is 51.5 Å². The molecule has 0 aliphatic carbocycles. The Morgan fingerprint density at radius 2 is 1.94 bits per heavy atom. The minimum absolute atomic E-state index is 0.0317. The highest BCUT2D eigenvalue weighted by atomic mass is 19.4. The number of anilines is 1. The van der Waals surface area contributed by atoms with Crippen molar-refractivity contribution in [1.29, 1.82) is 0 Å². The van der Waals surface area contributed by atoms with Gasteiger partial charge >= 0.3 is 6.18 Å². The zero-order chi connectivity index (χ0) is 25.9. The molecule has 4 bridgehead atoms. The molecule has 5 heterocycles. The number of nitrogens with zero attached hydrogens (tertiary/aromatic N) is 6. The molecule has 9 nitrogen and oxygen atoms in total. The molecule has 190 valence electrons. The lowest BCUT2D eigenvalue weighted by Crippen LogP contribution is -2.37. The molecule has 1 N–H and O–H groups in total. The third-order valence-electron chi connectivity index (χ3n) is 6.39. The average Bonchev–Trinajstić information content (AvgIpc) is 3.44. The zero-order valence-corrected chi connectivity index (χ0v) is 20.6.